The Kier molecular flexibility index (Phi) is 4.68. The van der Waals surface area contributed by atoms with Crippen molar-refractivity contribution in [2.45, 2.75) is 26.2 Å². The van der Waals surface area contributed by atoms with Gasteiger partial charge >= 0.3 is 0 Å². The first-order valence-corrected chi connectivity index (χ1v) is 7.02. The zero-order valence-electron chi connectivity index (χ0n) is 12.7. The SMILES string of the molecule is CC(C)(C)c1ccc(OCCNC(=O)c2ccco2)cc1. The van der Waals surface area contributed by atoms with E-state index >= 15 is 0 Å². The lowest BCUT2D eigenvalue weighted by Crippen LogP contribution is -2.27. The van der Waals surface area contributed by atoms with Crippen LogP contribution in [-0.4, -0.2) is 19.1 Å². The van der Waals surface area contributed by atoms with Crippen molar-refractivity contribution in [3.05, 3.63) is 54.0 Å². The molecule has 112 valence electrons. The first-order valence-electron chi connectivity index (χ1n) is 7.02. The van der Waals surface area contributed by atoms with Crippen molar-refractivity contribution >= 4 is 5.91 Å². The van der Waals surface area contributed by atoms with Crippen LogP contribution in [0.25, 0.3) is 0 Å². The Morgan fingerprint density at radius 2 is 1.90 bits per heavy atom. The summed E-state index contributed by atoms with van der Waals surface area (Å²) in [6.45, 7) is 7.37. The minimum Gasteiger partial charge on any atom is -0.492 e. The largest absolute Gasteiger partial charge is 0.492 e. The molecule has 0 aliphatic rings. The fourth-order valence-corrected chi connectivity index (χ4v) is 1.88. The molecule has 0 aliphatic heterocycles. The Morgan fingerprint density at radius 3 is 2.48 bits per heavy atom. The van der Waals surface area contributed by atoms with Gasteiger partial charge < -0.3 is 14.5 Å². The van der Waals surface area contributed by atoms with Gasteiger partial charge in [0.25, 0.3) is 5.91 Å². The lowest BCUT2D eigenvalue weighted by Gasteiger charge is -2.19. The number of hydrogen-bond donors (Lipinski definition) is 1. The van der Waals surface area contributed by atoms with E-state index in [1.807, 2.05) is 12.1 Å². The molecule has 1 N–H and O–H groups in total. The summed E-state index contributed by atoms with van der Waals surface area (Å²) in [5, 5.41) is 2.73. The second kappa shape index (κ2) is 6.48. The first-order chi connectivity index (χ1) is 9.97. The zero-order valence-corrected chi connectivity index (χ0v) is 12.7. The summed E-state index contributed by atoms with van der Waals surface area (Å²) in [5.41, 5.74) is 1.40. The number of amides is 1. The second-order valence-corrected chi connectivity index (χ2v) is 5.86. The number of carbonyl (C=O) groups excluding carboxylic acids is 1. The van der Waals surface area contributed by atoms with Gasteiger partial charge in [-0.1, -0.05) is 32.9 Å². The molecule has 0 radical (unpaired) electrons. The van der Waals surface area contributed by atoms with Gasteiger partial charge in [0.2, 0.25) is 0 Å². The van der Waals surface area contributed by atoms with Crippen molar-refractivity contribution < 1.29 is 13.9 Å². The van der Waals surface area contributed by atoms with E-state index in [4.69, 9.17) is 9.15 Å². The van der Waals surface area contributed by atoms with E-state index in [2.05, 4.69) is 38.2 Å². The highest BCUT2D eigenvalue weighted by molar-refractivity contribution is 5.91. The highest BCUT2D eigenvalue weighted by atomic mass is 16.5. The van der Waals surface area contributed by atoms with E-state index in [-0.39, 0.29) is 11.3 Å². The molecule has 4 heteroatoms. The van der Waals surface area contributed by atoms with Crippen LogP contribution in [0.1, 0.15) is 36.9 Å². The van der Waals surface area contributed by atoms with Crippen LogP contribution in [-0.2, 0) is 5.41 Å². The molecule has 0 saturated heterocycles. The molecule has 1 amide bonds. The number of carbonyl (C=O) groups is 1. The van der Waals surface area contributed by atoms with Crippen LogP contribution in [0.3, 0.4) is 0 Å². The molecule has 4 nitrogen and oxygen atoms in total. The second-order valence-electron chi connectivity index (χ2n) is 5.86. The molecule has 0 saturated carbocycles. The number of hydrogen-bond acceptors (Lipinski definition) is 3. The Morgan fingerprint density at radius 1 is 1.19 bits per heavy atom. The summed E-state index contributed by atoms with van der Waals surface area (Å²) in [5.74, 6) is 0.881. The molecule has 2 rings (SSSR count). The molecule has 0 spiro atoms. The molecule has 2 aromatic rings. The molecule has 0 fully saturated rings. The quantitative estimate of drug-likeness (QED) is 0.858. The van der Waals surface area contributed by atoms with Crippen LogP contribution in [0, 0.1) is 0 Å². The van der Waals surface area contributed by atoms with Crippen molar-refractivity contribution in [1.29, 1.82) is 0 Å². The summed E-state index contributed by atoms with van der Waals surface area (Å²) in [6, 6.07) is 11.3. The van der Waals surface area contributed by atoms with Gasteiger partial charge in [-0.2, -0.15) is 0 Å². The third-order valence-electron chi connectivity index (χ3n) is 3.12. The van der Waals surface area contributed by atoms with Gasteiger partial charge in [-0.25, -0.2) is 0 Å². The van der Waals surface area contributed by atoms with E-state index in [9.17, 15) is 4.79 Å². The Bertz CT molecular complexity index is 565. The van der Waals surface area contributed by atoms with Gasteiger partial charge in [-0.05, 0) is 35.2 Å². The van der Waals surface area contributed by atoms with Crippen molar-refractivity contribution in [2.75, 3.05) is 13.2 Å². The van der Waals surface area contributed by atoms with Crippen LogP contribution in [0.5, 0.6) is 5.75 Å². The van der Waals surface area contributed by atoms with Gasteiger partial charge in [0.1, 0.15) is 12.4 Å². The number of nitrogens with one attached hydrogen (secondary N) is 1. The lowest BCUT2D eigenvalue weighted by molar-refractivity contribution is 0.0919. The summed E-state index contributed by atoms with van der Waals surface area (Å²) < 4.78 is 10.6. The Labute approximate surface area is 125 Å². The summed E-state index contributed by atoms with van der Waals surface area (Å²) in [6.07, 6.45) is 1.47. The number of rotatable bonds is 5. The average Bonchev–Trinajstić information content (AvgIpc) is 2.97. The number of benzene rings is 1. The molecule has 1 aromatic carbocycles. The maximum absolute atomic E-state index is 11.6. The van der Waals surface area contributed by atoms with Gasteiger partial charge in [-0.15, -0.1) is 0 Å². The van der Waals surface area contributed by atoms with Gasteiger partial charge in [0.15, 0.2) is 5.76 Å². The Balaban J connectivity index is 1.75. The molecule has 1 aromatic heterocycles. The maximum Gasteiger partial charge on any atom is 0.287 e. The molecule has 0 aliphatic carbocycles. The number of ether oxygens (including phenoxy) is 1. The smallest absolute Gasteiger partial charge is 0.287 e. The third kappa shape index (κ3) is 4.38. The van der Waals surface area contributed by atoms with E-state index < -0.39 is 0 Å². The van der Waals surface area contributed by atoms with Crippen molar-refractivity contribution in [2.24, 2.45) is 0 Å². The molecule has 0 bridgehead atoms. The van der Waals surface area contributed by atoms with Gasteiger partial charge in [0.05, 0.1) is 12.8 Å². The predicted molar refractivity (Wildman–Crippen MR) is 81.7 cm³/mol. The molecule has 0 unspecified atom stereocenters. The summed E-state index contributed by atoms with van der Waals surface area (Å²) in [7, 11) is 0. The van der Waals surface area contributed by atoms with Crippen LogP contribution < -0.4 is 10.1 Å². The highest BCUT2D eigenvalue weighted by Gasteiger charge is 2.13. The van der Waals surface area contributed by atoms with Gasteiger partial charge in [-0.3, -0.25) is 4.79 Å². The molecular weight excluding hydrogens is 266 g/mol. The van der Waals surface area contributed by atoms with Crippen LogP contribution >= 0.6 is 0 Å². The van der Waals surface area contributed by atoms with Crippen LogP contribution in [0.15, 0.2) is 47.1 Å². The predicted octanol–water partition coefficient (Wildman–Crippen LogP) is 3.39. The summed E-state index contributed by atoms with van der Waals surface area (Å²) >= 11 is 0. The van der Waals surface area contributed by atoms with Crippen molar-refractivity contribution in [1.82, 2.24) is 5.32 Å². The zero-order chi connectivity index (χ0) is 15.3. The topological polar surface area (TPSA) is 51.5 Å². The van der Waals surface area contributed by atoms with Gasteiger partial charge in [0, 0.05) is 0 Å². The fourth-order valence-electron chi connectivity index (χ4n) is 1.88. The van der Waals surface area contributed by atoms with Crippen molar-refractivity contribution in [3.8, 4) is 5.75 Å². The molecule has 0 atom stereocenters. The maximum atomic E-state index is 11.6. The van der Waals surface area contributed by atoms with Crippen LogP contribution in [0.4, 0.5) is 0 Å². The first kappa shape index (κ1) is 15.2. The normalized spacial score (nSPS) is 11.2. The molecule has 21 heavy (non-hydrogen) atoms. The minimum absolute atomic E-state index is 0.134. The Hall–Kier alpha value is -2.23. The molecule has 1 heterocycles. The van der Waals surface area contributed by atoms with Crippen molar-refractivity contribution in [3.63, 3.8) is 0 Å². The average molecular weight is 287 g/mol. The highest BCUT2D eigenvalue weighted by Crippen LogP contribution is 2.24. The number of furan rings is 1. The van der Waals surface area contributed by atoms with Crippen LogP contribution in [0.2, 0.25) is 0 Å². The molecular formula is C17H21NO3. The summed E-state index contributed by atoms with van der Waals surface area (Å²) in [4.78, 5) is 11.6. The standard InChI is InChI=1S/C17H21NO3/c1-17(2,3)13-6-8-14(9-7-13)20-12-10-18-16(19)15-5-4-11-21-15/h4-9,11H,10,12H2,1-3H3,(H,18,19). The van der Waals surface area contributed by atoms with E-state index in [1.165, 1.54) is 11.8 Å². The lowest BCUT2D eigenvalue weighted by atomic mass is 9.87. The van der Waals surface area contributed by atoms with E-state index in [0.717, 1.165) is 5.75 Å². The van der Waals surface area contributed by atoms with E-state index in [1.54, 1.807) is 12.1 Å². The third-order valence-corrected chi connectivity index (χ3v) is 3.12. The monoisotopic (exact) mass is 287 g/mol. The fraction of sp³-hybridized carbons (Fsp3) is 0.353. The van der Waals surface area contributed by atoms with E-state index in [0.29, 0.717) is 18.9 Å². The minimum atomic E-state index is -0.230.